The number of nitrogen functional groups attached to an aromatic ring is 1. The summed E-state index contributed by atoms with van der Waals surface area (Å²) in [5.74, 6) is 0.722. The maximum Gasteiger partial charge on any atom is 0.319 e. The maximum atomic E-state index is 11.7. The van der Waals surface area contributed by atoms with E-state index in [-0.39, 0.29) is 11.2 Å². The molecule has 1 aromatic rings. The third kappa shape index (κ3) is 2.46. The Kier molecular flexibility index (Phi) is 3.80. The molecule has 1 aliphatic rings. The lowest BCUT2D eigenvalue weighted by Gasteiger charge is -2.08. The molecule has 0 saturated heterocycles. The van der Waals surface area contributed by atoms with Crippen molar-refractivity contribution in [2.75, 3.05) is 12.3 Å². The largest absolute Gasteiger partial charge is 0.465 e. The number of rotatable bonds is 3. The number of carbonyl (C=O) groups is 1. The number of pyridine rings is 1. The van der Waals surface area contributed by atoms with E-state index in [9.17, 15) is 4.79 Å². The van der Waals surface area contributed by atoms with Crippen LogP contribution in [-0.4, -0.2) is 22.8 Å². The fourth-order valence-electron chi connectivity index (χ4n) is 1.94. The van der Waals surface area contributed by atoms with Crippen molar-refractivity contribution in [2.24, 2.45) is 0 Å². The first-order valence-corrected chi connectivity index (χ1v) is 7.03. The highest BCUT2D eigenvalue weighted by Crippen LogP contribution is 2.41. The second kappa shape index (κ2) is 5.18. The van der Waals surface area contributed by atoms with E-state index in [2.05, 4.69) is 18.8 Å². The van der Waals surface area contributed by atoms with Crippen LogP contribution in [0.3, 0.4) is 0 Å². The Morgan fingerprint density at radius 2 is 2.39 bits per heavy atom. The molecule has 1 aliphatic heterocycles. The van der Waals surface area contributed by atoms with Gasteiger partial charge in [-0.05, 0) is 25.3 Å². The standard InChI is InChI=1S/C13H18N2O2S/c1-4-17-13(16)11-5-8-10(18-11)6-9(7(2)3)15-12(8)14/h6-7,11H,4-5H2,1-3H3,(H2,14,15). The van der Waals surface area contributed by atoms with Gasteiger partial charge in [-0.25, -0.2) is 4.98 Å². The minimum Gasteiger partial charge on any atom is -0.465 e. The minimum atomic E-state index is -0.175. The molecule has 0 aliphatic carbocycles. The fourth-order valence-corrected chi connectivity index (χ4v) is 3.18. The Labute approximate surface area is 111 Å². The van der Waals surface area contributed by atoms with Gasteiger partial charge in [0, 0.05) is 16.2 Å². The van der Waals surface area contributed by atoms with Gasteiger partial charge in [0.2, 0.25) is 0 Å². The molecular weight excluding hydrogens is 248 g/mol. The van der Waals surface area contributed by atoms with Gasteiger partial charge in [-0.3, -0.25) is 4.79 Å². The van der Waals surface area contributed by atoms with E-state index < -0.39 is 0 Å². The lowest BCUT2D eigenvalue weighted by molar-refractivity contribution is -0.142. The number of carbonyl (C=O) groups excluding carboxylic acids is 1. The van der Waals surface area contributed by atoms with Crippen LogP contribution in [0.1, 0.15) is 37.9 Å². The van der Waals surface area contributed by atoms with E-state index >= 15 is 0 Å². The van der Waals surface area contributed by atoms with Crippen LogP contribution in [0.4, 0.5) is 5.82 Å². The third-order valence-electron chi connectivity index (χ3n) is 2.93. The van der Waals surface area contributed by atoms with Crippen LogP contribution in [0.15, 0.2) is 11.0 Å². The first-order valence-electron chi connectivity index (χ1n) is 6.15. The Morgan fingerprint density at radius 1 is 1.67 bits per heavy atom. The van der Waals surface area contributed by atoms with Crippen LogP contribution in [-0.2, 0) is 16.0 Å². The summed E-state index contributed by atoms with van der Waals surface area (Å²) in [4.78, 5) is 17.2. The summed E-state index contributed by atoms with van der Waals surface area (Å²) in [6.07, 6.45) is 0.621. The molecule has 0 fully saturated rings. The van der Waals surface area contributed by atoms with E-state index in [1.807, 2.05) is 13.0 Å². The molecule has 2 N–H and O–H groups in total. The normalized spacial score (nSPS) is 17.9. The van der Waals surface area contributed by atoms with E-state index in [0.29, 0.717) is 24.8 Å². The molecule has 18 heavy (non-hydrogen) atoms. The molecule has 0 amide bonds. The van der Waals surface area contributed by atoms with Gasteiger partial charge in [0.25, 0.3) is 0 Å². The summed E-state index contributed by atoms with van der Waals surface area (Å²) in [7, 11) is 0. The number of fused-ring (bicyclic) bond motifs is 1. The summed E-state index contributed by atoms with van der Waals surface area (Å²) in [5.41, 5.74) is 7.93. The highest BCUT2D eigenvalue weighted by molar-refractivity contribution is 8.01. The second-order valence-electron chi connectivity index (χ2n) is 4.63. The minimum absolute atomic E-state index is 0.163. The zero-order valence-electron chi connectivity index (χ0n) is 10.9. The van der Waals surface area contributed by atoms with E-state index in [4.69, 9.17) is 10.5 Å². The van der Waals surface area contributed by atoms with Gasteiger partial charge < -0.3 is 10.5 Å². The van der Waals surface area contributed by atoms with Crippen LogP contribution in [0, 0.1) is 0 Å². The van der Waals surface area contributed by atoms with Gasteiger partial charge in [0.15, 0.2) is 0 Å². The molecule has 1 unspecified atom stereocenters. The predicted molar refractivity (Wildman–Crippen MR) is 72.7 cm³/mol. The molecule has 1 aromatic heterocycles. The zero-order chi connectivity index (χ0) is 13.3. The molecule has 0 spiro atoms. The van der Waals surface area contributed by atoms with E-state index in [1.165, 1.54) is 11.8 Å². The monoisotopic (exact) mass is 266 g/mol. The van der Waals surface area contributed by atoms with Crippen molar-refractivity contribution in [3.63, 3.8) is 0 Å². The quantitative estimate of drug-likeness (QED) is 0.851. The van der Waals surface area contributed by atoms with Crippen LogP contribution in [0.25, 0.3) is 0 Å². The topological polar surface area (TPSA) is 65.2 Å². The average Bonchev–Trinajstić information content (AvgIpc) is 2.73. The molecule has 0 radical (unpaired) electrons. The highest BCUT2D eigenvalue weighted by atomic mass is 32.2. The van der Waals surface area contributed by atoms with Gasteiger partial charge in [-0.15, -0.1) is 11.8 Å². The predicted octanol–water partition coefficient (Wildman–Crippen LogP) is 2.37. The van der Waals surface area contributed by atoms with Crippen molar-refractivity contribution in [1.29, 1.82) is 0 Å². The van der Waals surface area contributed by atoms with Crippen LogP contribution < -0.4 is 5.73 Å². The molecule has 2 heterocycles. The molecule has 98 valence electrons. The number of thioether (sulfide) groups is 1. The van der Waals surface area contributed by atoms with E-state index in [0.717, 1.165) is 16.2 Å². The number of anilines is 1. The van der Waals surface area contributed by atoms with Crippen LogP contribution >= 0.6 is 11.8 Å². The van der Waals surface area contributed by atoms with Crippen molar-refractivity contribution < 1.29 is 9.53 Å². The fraction of sp³-hybridized carbons (Fsp3) is 0.538. The summed E-state index contributed by atoms with van der Waals surface area (Å²) >= 11 is 1.54. The molecule has 1 atom stereocenters. The number of aromatic nitrogens is 1. The lowest BCUT2D eigenvalue weighted by Crippen LogP contribution is -2.19. The van der Waals surface area contributed by atoms with Crippen molar-refractivity contribution >= 4 is 23.5 Å². The van der Waals surface area contributed by atoms with Crippen molar-refractivity contribution in [3.8, 4) is 0 Å². The summed E-state index contributed by atoms with van der Waals surface area (Å²) in [6.45, 7) is 6.39. The van der Waals surface area contributed by atoms with Crippen LogP contribution in [0.2, 0.25) is 0 Å². The Balaban J connectivity index is 2.24. The number of nitrogens with two attached hydrogens (primary N) is 1. The van der Waals surface area contributed by atoms with Crippen molar-refractivity contribution in [1.82, 2.24) is 4.98 Å². The number of hydrogen-bond donors (Lipinski definition) is 1. The van der Waals surface area contributed by atoms with Gasteiger partial charge in [0.05, 0.1) is 6.61 Å². The van der Waals surface area contributed by atoms with Crippen LogP contribution in [0.5, 0.6) is 0 Å². The molecule has 0 aromatic carbocycles. The summed E-state index contributed by atoms with van der Waals surface area (Å²) < 4.78 is 5.05. The molecule has 4 nitrogen and oxygen atoms in total. The molecule has 0 bridgehead atoms. The summed E-state index contributed by atoms with van der Waals surface area (Å²) in [5, 5.41) is -0.175. The first-order chi connectivity index (χ1) is 8.52. The van der Waals surface area contributed by atoms with Gasteiger partial charge in [0.1, 0.15) is 11.1 Å². The number of ether oxygens (including phenoxy) is 1. The Morgan fingerprint density at radius 3 is 3.00 bits per heavy atom. The smallest absolute Gasteiger partial charge is 0.319 e. The number of esters is 1. The van der Waals surface area contributed by atoms with E-state index in [1.54, 1.807) is 0 Å². The lowest BCUT2D eigenvalue weighted by atomic mass is 10.1. The molecule has 0 saturated carbocycles. The number of hydrogen-bond acceptors (Lipinski definition) is 5. The maximum absolute atomic E-state index is 11.7. The Bertz CT molecular complexity index is 474. The highest BCUT2D eigenvalue weighted by Gasteiger charge is 2.31. The third-order valence-corrected chi connectivity index (χ3v) is 4.20. The van der Waals surface area contributed by atoms with Crippen molar-refractivity contribution in [3.05, 3.63) is 17.3 Å². The van der Waals surface area contributed by atoms with Crippen molar-refractivity contribution in [2.45, 2.75) is 43.3 Å². The second-order valence-corrected chi connectivity index (χ2v) is 5.87. The first kappa shape index (κ1) is 13.2. The SMILES string of the molecule is CCOC(=O)C1Cc2c(cc(C(C)C)nc2N)S1. The Hall–Kier alpha value is -1.23. The number of nitrogens with zero attached hydrogens (tertiary/aromatic N) is 1. The average molecular weight is 266 g/mol. The zero-order valence-corrected chi connectivity index (χ0v) is 11.7. The summed E-state index contributed by atoms with van der Waals surface area (Å²) in [6, 6.07) is 2.04. The molecular formula is C13H18N2O2S. The van der Waals surface area contributed by atoms with Gasteiger partial charge in [-0.1, -0.05) is 13.8 Å². The molecule has 2 rings (SSSR count). The van der Waals surface area contributed by atoms with Gasteiger partial charge >= 0.3 is 5.97 Å². The van der Waals surface area contributed by atoms with Gasteiger partial charge in [-0.2, -0.15) is 0 Å². The molecule has 5 heteroatoms.